The van der Waals surface area contributed by atoms with Crippen molar-refractivity contribution in [1.82, 2.24) is 0 Å². The number of fused-ring (bicyclic) bond motifs is 2. The molecule has 0 saturated heterocycles. The van der Waals surface area contributed by atoms with E-state index < -0.39 is 21.4 Å². The summed E-state index contributed by atoms with van der Waals surface area (Å²) >= 11 is 0. The molecule has 0 bridgehead atoms. The van der Waals surface area contributed by atoms with Gasteiger partial charge in [-0.3, -0.25) is 9.79 Å². The van der Waals surface area contributed by atoms with Crippen molar-refractivity contribution in [2.45, 2.75) is 4.90 Å². The molecule has 2 aromatic carbocycles. The van der Waals surface area contributed by atoms with Crippen molar-refractivity contribution in [3.8, 4) is 11.5 Å². The summed E-state index contributed by atoms with van der Waals surface area (Å²) < 4.78 is 30.2. The van der Waals surface area contributed by atoms with Crippen LogP contribution in [0.25, 0.3) is 0 Å². The molecular weight excluding hydrogens is 314 g/mol. The molecule has 0 atom stereocenters. The number of benzene rings is 2. The molecule has 0 aromatic heterocycles. The average molecular weight is 327 g/mol. The maximum absolute atomic E-state index is 12.2. The third-order valence-corrected chi connectivity index (χ3v) is 4.96. The molecule has 116 valence electrons. The normalized spacial score (nSPS) is 12.5. The first-order valence-corrected chi connectivity index (χ1v) is 8.48. The van der Waals surface area contributed by atoms with Crippen molar-refractivity contribution in [3.05, 3.63) is 60.7 Å². The average Bonchev–Trinajstić information content (AvgIpc) is 2.72. The highest BCUT2D eigenvalue weighted by molar-refractivity contribution is 7.92. The van der Waals surface area contributed by atoms with Gasteiger partial charge in [0.2, 0.25) is 0 Å². The van der Waals surface area contributed by atoms with Gasteiger partial charge in [-0.1, -0.05) is 18.7 Å². The molecule has 0 radical (unpaired) electrons. The lowest BCUT2D eigenvalue weighted by Crippen LogP contribution is -2.14. The molecule has 2 aromatic rings. The third kappa shape index (κ3) is 3.07. The van der Waals surface area contributed by atoms with Gasteiger partial charge in [0, 0.05) is 11.8 Å². The standard InChI is InChI=1S/C17H13NO4S/c1-2-13(19)11-23(20,21)14-7-8-16-12(9-14)10-18-15-5-3-4-6-17(15)22-16/h2-10H,1,11H2. The van der Waals surface area contributed by atoms with Crippen LogP contribution in [0.4, 0.5) is 5.69 Å². The number of sulfone groups is 1. The van der Waals surface area contributed by atoms with Crippen LogP contribution in [0.5, 0.6) is 11.5 Å². The number of ether oxygens (including phenoxy) is 1. The lowest BCUT2D eigenvalue weighted by Gasteiger charge is -2.09. The summed E-state index contributed by atoms with van der Waals surface area (Å²) in [6.45, 7) is 3.29. The zero-order valence-electron chi connectivity index (χ0n) is 12.1. The Kier molecular flexibility index (Phi) is 3.83. The van der Waals surface area contributed by atoms with Crippen molar-refractivity contribution < 1.29 is 17.9 Å². The summed E-state index contributed by atoms with van der Waals surface area (Å²) in [4.78, 5) is 15.7. The van der Waals surface area contributed by atoms with Crippen LogP contribution in [-0.4, -0.2) is 26.2 Å². The van der Waals surface area contributed by atoms with Crippen molar-refractivity contribution in [2.75, 3.05) is 5.75 Å². The van der Waals surface area contributed by atoms with E-state index >= 15 is 0 Å². The Bertz CT molecular complexity index is 929. The van der Waals surface area contributed by atoms with Crippen LogP contribution in [-0.2, 0) is 14.6 Å². The van der Waals surface area contributed by atoms with Gasteiger partial charge in [0.1, 0.15) is 17.2 Å². The monoisotopic (exact) mass is 327 g/mol. The maximum Gasteiger partial charge on any atom is 0.185 e. The first kappa shape index (κ1) is 15.2. The number of aliphatic imine (C=N–C) groups is 1. The Morgan fingerprint density at radius 1 is 1.17 bits per heavy atom. The van der Waals surface area contributed by atoms with Gasteiger partial charge in [-0.15, -0.1) is 0 Å². The number of hydrogen-bond donors (Lipinski definition) is 0. The summed E-state index contributed by atoms with van der Waals surface area (Å²) in [5, 5.41) is 0. The lowest BCUT2D eigenvalue weighted by molar-refractivity contribution is -0.112. The smallest absolute Gasteiger partial charge is 0.185 e. The van der Waals surface area contributed by atoms with Gasteiger partial charge < -0.3 is 4.74 Å². The first-order chi connectivity index (χ1) is 11.0. The van der Waals surface area contributed by atoms with Gasteiger partial charge in [-0.2, -0.15) is 0 Å². The quantitative estimate of drug-likeness (QED) is 0.690. The van der Waals surface area contributed by atoms with E-state index in [9.17, 15) is 13.2 Å². The molecule has 0 aliphatic carbocycles. The molecule has 6 heteroatoms. The number of rotatable bonds is 4. The molecule has 0 saturated carbocycles. The minimum absolute atomic E-state index is 0.0486. The van der Waals surface area contributed by atoms with Crippen molar-refractivity contribution in [1.29, 1.82) is 0 Å². The fourth-order valence-electron chi connectivity index (χ4n) is 2.15. The van der Waals surface area contributed by atoms with Gasteiger partial charge in [-0.25, -0.2) is 8.42 Å². The van der Waals surface area contributed by atoms with Crippen LogP contribution >= 0.6 is 0 Å². The molecule has 23 heavy (non-hydrogen) atoms. The van der Waals surface area contributed by atoms with E-state index in [2.05, 4.69) is 11.6 Å². The van der Waals surface area contributed by atoms with E-state index in [1.54, 1.807) is 24.4 Å². The number of allylic oxidation sites excluding steroid dienone is 1. The van der Waals surface area contributed by atoms with Gasteiger partial charge in [0.05, 0.1) is 4.90 Å². The molecule has 0 fully saturated rings. The number of ketones is 1. The number of nitrogens with zero attached hydrogens (tertiary/aromatic N) is 1. The number of carbonyl (C=O) groups is 1. The van der Waals surface area contributed by atoms with Crippen molar-refractivity contribution in [2.24, 2.45) is 4.99 Å². The van der Waals surface area contributed by atoms with E-state index in [-0.39, 0.29) is 4.90 Å². The highest BCUT2D eigenvalue weighted by Gasteiger charge is 2.20. The van der Waals surface area contributed by atoms with E-state index in [4.69, 9.17) is 4.74 Å². The number of hydrogen-bond acceptors (Lipinski definition) is 5. The summed E-state index contributed by atoms with van der Waals surface area (Å²) in [5.41, 5.74) is 1.20. The van der Waals surface area contributed by atoms with Crippen LogP contribution in [0.1, 0.15) is 5.56 Å². The molecule has 0 spiro atoms. The minimum atomic E-state index is -3.72. The van der Waals surface area contributed by atoms with Crippen LogP contribution in [0.15, 0.2) is 65.0 Å². The highest BCUT2D eigenvalue weighted by atomic mass is 32.2. The van der Waals surface area contributed by atoms with Crippen molar-refractivity contribution >= 4 is 27.5 Å². The second kappa shape index (κ2) is 5.81. The molecule has 3 rings (SSSR count). The summed E-state index contributed by atoms with van der Waals surface area (Å²) in [6, 6.07) is 11.7. The van der Waals surface area contributed by atoms with E-state index in [1.807, 2.05) is 12.1 Å². The first-order valence-electron chi connectivity index (χ1n) is 6.82. The minimum Gasteiger partial charge on any atom is -0.454 e. The summed E-state index contributed by atoms with van der Waals surface area (Å²) in [7, 11) is -3.72. The molecule has 1 aliphatic rings. The van der Waals surface area contributed by atoms with Crippen LogP contribution in [0, 0.1) is 0 Å². The predicted octanol–water partition coefficient (Wildman–Crippen LogP) is 3.07. The second-order valence-corrected chi connectivity index (χ2v) is 6.95. The molecule has 0 unspecified atom stereocenters. The van der Waals surface area contributed by atoms with E-state index in [1.165, 1.54) is 12.1 Å². The molecule has 0 amide bonds. The summed E-state index contributed by atoms with van der Waals surface area (Å²) in [5.74, 6) is -0.0436. The number of para-hydroxylation sites is 2. The van der Waals surface area contributed by atoms with Gasteiger partial charge in [0.15, 0.2) is 21.4 Å². The third-order valence-electron chi connectivity index (χ3n) is 3.33. The number of carbonyl (C=O) groups excluding carboxylic acids is 1. The molecule has 1 aliphatic heterocycles. The van der Waals surface area contributed by atoms with Crippen LogP contribution in [0.2, 0.25) is 0 Å². The molecular formula is C17H13NO4S. The lowest BCUT2D eigenvalue weighted by atomic mass is 10.2. The van der Waals surface area contributed by atoms with Crippen LogP contribution < -0.4 is 4.74 Å². The van der Waals surface area contributed by atoms with Gasteiger partial charge in [0.25, 0.3) is 0 Å². The predicted molar refractivity (Wildman–Crippen MR) is 87.5 cm³/mol. The van der Waals surface area contributed by atoms with E-state index in [0.717, 1.165) is 6.08 Å². The zero-order chi connectivity index (χ0) is 16.4. The van der Waals surface area contributed by atoms with Gasteiger partial charge in [-0.05, 0) is 36.4 Å². The topological polar surface area (TPSA) is 72.8 Å². The van der Waals surface area contributed by atoms with E-state index in [0.29, 0.717) is 22.7 Å². The SMILES string of the molecule is C=CC(=O)CS(=O)(=O)c1ccc2c(c1)C=Nc1ccccc1O2. The van der Waals surface area contributed by atoms with Gasteiger partial charge >= 0.3 is 0 Å². The zero-order valence-corrected chi connectivity index (χ0v) is 12.9. The Hall–Kier alpha value is -2.73. The Morgan fingerprint density at radius 2 is 1.96 bits per heavy atom. The Labute approximate surface area is 133 Å². The Morgan fingerprint density at radius 3 is 2.74 bits per heavy atom. The molecule has 5 nitrogen and oxygen atoms in total. The molecule has 1 heterocycles. The fourth-order valence-corrected chi connectivity index (χ4v) is 3.39. The van der Waals surface area contributed by atoms with Crippen molar-refractivity contribution in [3.63, 3.8) is 0 Å². The molecule has 0 N–H and O–H groups in total. The second-order valence-electron chi connectivity index (χ2n) is 4.96. The maximum atomic E-state index is 12.2. The highest BCUT2D eigenvalue weighted by Crippen LogP contribution is 2.36. The fraction of sp³-hybridized carbons (Fsp3) is 0.0588. The van der Waals surface area contributed by atoms with Crippen LogP contribution in [0.3, 0.4) is 0 Å². The largest absolute Gasteiger partial charge is 0.454 e. The Balaban J connectivity index is 2.01. The summed E-state index contributed by atoms with van der Waals surface area (Å²) in [6.07, 6.45) is 2.55.